The quantitative estimate of drug-likeness (QED) is 0.698. The second-order valence-corrected chi connectivity index (χ2v) is 6.89. The molecule has 3 aromatic rings. The molecule has 1 aliphatic rings. The summed E-state index contributed by atoms with van der Waals surface area (Å²) in [4.78, 5) is 25.4. The number of nitrogens with one attached hydrogen (secondary N) is 2. The fraction of sp³-hybridized carbons (Fsp3) is 0.222. The molecule has 1 amide bonds. The van der Waals surface area contributed by atoms with E-state index in [2.05, 4.69) is 25.6 Å². The van der Waals surface area contributed by atoms with Gasteiger partial charge in [0.25, 0.3) is 0 Å². The minimum atomic E-state index is -0.159. The number of thiazole rings is 1. The number of carbonyl (C=O) groups is 1. The highest BCUT2D eigenvalue weighted by Gasteiger charge is 2.15. The van der Waals surface area contributed by atoms with Gasteiger partial charge in [-0.15, -0.1) is 11.3 Å². The number of nitrogens with zero attached hydrogens (tertiary/aromatic N) is 3. The van der Waals surface area contributed by atoms with E-state index in [1.165, 1.54) is 11.3 Å². The molecule has 0 fully saturated rings. The van der Waals surface area contributed by atoms with Gasteiger partial charge in [-0.1, -0.05) is 0 Å². The van der Waals surface area contributed by atoms with Crippen LogP contribution in [0.15, 0.2) is 29.6 Å². The lowest BCUT2D eigenvalue weighted by Crippen LogP contribution is -2.14. The molecule has 0 unspecified atom stereocenters. The molecule has 27 heavy (non-hydrogen) atoms. The van der Waals surface area contributed by atoms with Crippen LogP contribution in [0.2, 0.25) is 0 Å². The number of fused-ring (bicyclic) bond motifs is 1. The van der Waals surface area contributed by atoms with Gasteiger partial charge in [-0.05, 0) is 32.0 Å². The van der Waals surface area contributed by atoms with Crippen LogP contribution in [0.4, 0.5) is 16.8 Å². The van der Waals surface area contributed by atoms with Gasteiger partial charge in [0.2, 0.25) is 18.6 Å². The first-order valence-corrected chi connectivity index (χ1v) is 9.16. The molecule has 9 heteroatoms. The molecule has 1 aromatic carbocycles. The van der Waals surface area contributed by atoms with Gasteiger partial charge in [0, 0.05) is 28.5 Å². The van der Waals surface area contributed by atoms with Crippen LogP contribution < -0.4 is 20.1 Å². The summed E-state index contributed by atoms with van der Waals surface area (Å²) in [6.07, 6.45) is 0.167. The number of rotatable bonds is 5. The Morgan fingerprint density at radius 2 is 1.89 bits per heavy atom. The molecule has 0 saturated carbocycles. The molecular formula is C18H17N5O3S. The highest BCUT2D eigenvalue weighted by atomic mass is 32.1. The Hall–Kier alpha value is -3.20. The van der Waals surface area contributed by atoms with Crippen molar-refractivity contribution >= 4 is 34.0 Å². The monoisotopic (exact) mass is 383 g/mol. The predicted octanol–water partition coefficient (Wildman–Crippen LogP) is 3.20. The van der Waals surface area contributed by atoms with Gasteiger partial charge in [-0.2, -0.15) is 0 Å². The van der Waals surface area contributed by atoms with Crippen molar-refractivity contribution in [3.8, 4) is 11.5 Å². The van der Waals surface area contributed by atoms with Gasteiger partial charge in [-0.3, -0.25) is 4.79 Å². The zero-order chi connectivity index (χ0) is 18.8. The smallest absolute Gasteiger partial charge is 0.231 e. The van der Waals surface area contributed by atoms with Crippen molar-refractivity contribution in [2.45, 2.75) is 20.3 Å². The molecule has 2 N–H and O–H groups in total. The van der Waals surface area contributed by atoms with Crippen molar-refractivity contribution in [1.29, 1.82) is 0 Å². The van der Waals surface area contributed by atoms with Gasteiger partial charge in [0.15, 0.2) is 16.6 Å². The first-order chi connectivity index (χ1) is 13.0. The van der Waals surface area contributed by atoms with Gasteiger partial charge in [0.05, 0.1) is 12.1 Å². The molecule has 0 atom stereocenters. The van der Waals surface area contributed by atoms with E-state index in [4.69, 9.17) is 9.47 Å². The Morgan fingerprint density at radius 3 is 2.70 bits per heavy atom. The summed E-state index contributed by atoms with van der Waals surface area (Å²) in [5.74, 6) is 1.64. The molecule has 2 aromatic heterocycles. The van der Waals surface area contributed by atoms with Gasteiger partial charge in [-0.25, -0.2) is 15.0 Å². The van der Waals surface area contributed by atoms with Crippen LogP contribution in [0.5, 0.6) is 11.5 Å². The Morgan fingerprint density at radius 1 is 1.11 bits per heavy atom. The molecule has 1 aliphatic heterocycles. The molecule has 0 spiro atoms. The maximum atomic E-state index is 12.3. The van der Waals surface area contributed by atoms with E-state index in [0.29, 0.717) is 34.0 Å². The lowest BCUT2D eigenvalue weighted by molar-refractivity contribution is -0.115. The third kappa shape index (κ3) is 4.14. The summed E-state index contributed by atoms with van der Waals surface area (Å²) in [6, 6.07) is 7.19. The molecule has 3 heterocycles. The van der Waals surface area contributed by atoms with Crippen LogP contribution in [0.25, 0.3) is 0 Å². The highest BCUT2D eigenvalue weighted by Crippen LogP contribution is 2.34. The Bertz CT molecular complexity index is 984. The lowest BCUT2D eigenvalue weighted by Gasteiger charge is -2.05. The van der Waals surface area contributed by atoms with E-state index >= 15 is 0 Å². The predicted molar refractivity (Wildman–Crippen MR) is 102 cm³/mol. The number of hydrogen-bond acceptors (Lipinski definition) is 8. The maximum absolute atomic E-state index is 12.3. The topological polar surface area (TPSA) is 98.3 Å². The van der Waals surface area contributed by atoms with E-state index in [-0.39, 0.29) is 19.1 Å². The van der Waals surface area contributed by atoms with Crippen LogP contribution in [0.3, 0.4) is 0 Å². The molecule has 138 valence electrons. The molecule has 8 nitrogen and oxygen atoms in total. The van der Waals surface area contributed by atoms with Gasteiger partial charge >= 0.3 is 0 Å². The van der Waals surface area contributed by atoms with Crippen LogP contribution in [-0.2, 0) is 11.2 Å². The van der Waals surface area contributed by atoms with E-state index in [1.807, 2.05) is 25.3 Å². The van der Waals surface area contributed by atoms with E-state index in [9.17, 15) is 4.79 Å². The van der Waals surface area contributed by atoms with Gasteiger partial charge < -0.3 is 20.1 Å². The average molecular weight is 383 g/mol. The molecule has 0 aliphatic carbocycles. The first-order valence-electron chi connectivity index (χ1n) is 8.28. The number of carbonyl (C=O) groups excluding carboxylic acids is 1. The van der Waals surface area contributed by atoms with Crippen molar-refractivity contribution in [2.24, 2.45) is 0 Å². The summed E-state index contributed by atoms with van der Waals surface area (Å²) in [6.45, 7) is 4.02. The van der Waals surface area contributed by atoms with Crippen molar-refractivity contribution < 1.29 is 14.3 Å². The number of anilines is 3. The van der Waals surface area contributed by atoms with Crippen LogP contribution in [0, 0.1) is 13.8 Å². The number of amides is 1. The SMILES string of the molecule is Cc1cc(C)nc(Nc2nc(CC(=O)Nc3ccc4c(c3)OCO4)cs2)n1. The Labute approximate surface area is 159 Å². The largest absolute Gasteiger partial charge is 0.454 e. The van der Waals surface area contributed by atoms with Crippen LogP contribution in [0.1, 0.15) is 17.1 Å². The standard InChI is InChI=1S/C18H17N5O3S/c1-10-5-11(2)20-17(19-10)23-18-22-13(8-27-18)7-16(24)21-12-3-4-14-15(6-12)26-9-25-14/h3-6,8H,7,9H2,1-2H3,(H,21,24)(H,19,20,22,23). The second-order valence-electron chi connectivity index (χ2n) is 6.04. The fourth-order valence-electron chi connectivity index (χ4n) is 2.67. The zero-order valence-electron chi connectivity index (χ0n) is 14.8. The number of benzene rings is 1. The van der Waals surface area contributed by atoms with Crippen molar-refractivity contribution in [2.75, 3.05) is 17.4 Å². The second kappa shape index (κ2) is 7.20. The summed E-state index contributed by atoms with van der Waals surface area (Å²) < 4.78 is 10.6. The van der Waals surface area contributed by atoms with Crippen molar-refractivity contribution in [1.82, 2.24) is 15.0 Å². The lowest BCUT2D eigenvalue weighted by atomic mass is 10.2. The number of ether oxygens (including phenoxy) is 2. The average Bonchev–Trinajstić information content (AvgIpc) is 3.22. The molecule has 0 bridgehead atoms. The molecule has 0 saturated heterocycles. The van der Waals surface area contributed by atoms with Crippen LogP contribution in [-0.4, -0.2) is 27.7 Å². The molecular weight excluding hydrogens is 366 g/mol. The third-order valence-corrected chi connectivity index (χ3v) is 4.56. The number of hydrogen-bond donors (Lipinski definition) is 2. The molecule has 0 radical (unpaired) electrons. The van der Waals surface area contributed by atoms with Crippen LogP contribution >= 0.6 is 11.3 Å². The van der Waals surface area contributed by atoms with E-state index < -0.39 is 0 Å². The minimum absolute atomic E-state index is 0.159. The summed E-state index contributed by atoms with van der Waals surface area (Å²) in [7, 11) is 0. The summed E-state index contributed by atoms with van der Waals surface area (Å²) >= 11 is 1.40. The number of aryl methyl sites for hydroxylation is 2. The minimum Gasteiger partial charge on any atom is -0.454 e. The Kier molecular flexibility index (Phi) is 4.59. The van der Waals surface area contributed by atoms with E-state index in [1.54, 1.807) is 18.2 Å². The summed E-state index contributed by atoms with van der Waals surface area (Å²) in [5.41, 5.74) is 3.08. The summed E-state index contributed by atoms with van der Waals surface area (Å²) in [5, 5.41) is 8.40. The van der Waals surface area contributed by atoms with Crippen molar-refractivity contribution in [3.63, 3.8) is 0 Å². The third-order valence-electron chi connectivity index (χ3n) is 3.75. The van der Waals surface area contributed by atoms with Crippen molar-refractivity contribution in [3.05, 3.63) is 46.7 Å². The number of aromatic nitrogens is 3. The normalized spacial score (nSPS) is 12.1. The highest BCUT2D eigenvalue weighted by molar-refractivity contribution is 7.13. The molecule has 4 rings (SSSR count). The van der Waals surface area contributed by atoms with E-state index in [0.717, 1.165) is 11.4 Å². The Balaban J connectivity index is 1.38. The van der Waals surface area contributed by atoms with Gasteiger partial charge in [0.1, 0.15) is 0 Å². The fourth-order valence-corrected chi connectivity index (χ4v) is 3.37. The maximum Gasteiger partial charge on any atom is 0.231 e. The zero-order valence-corrected chi connectivity index (χ0v) is 15.6. The first kappa shape index (κ1) is 17.2.